The van der Waals surface area contributed by atoms with Gasteiger partial charge in [-0.3, -0.25) is 9.59 Å². The van der Waals surface area contributed by atoms with Gasteiger partial charge in [0.2, 0.25) is 0 Å². The van der Waals surface area contributed by atoms with Crippen LogP contribution in [0.3, 0.4) is 0 Å². The maximum absolute atomic E-state index is 11.5. The van der Waals surface area contributed by atoms with Crippen LogP contribution < -0.4 is 10.6 Å². The summed E-state index contributed by atoms with van der Waals surface area (Å²) >= 11 is 0. The van der Waals surface area contributed by atoms with Crippen LogP contribution in [0, 0.1) is 0 Å². The number of nitrogens with one attached hydrogen (secondary N) is 2. The van der Waals surface area contributed by atoms with Gasteiger partial charge in [0.25, 0.3) is 0 Å². The summed E-state index contributed by atoms with van der Waals surface area (Å²) in [4.78, 5) is 22.9. The Morgan fingerprint density at radius 2 is 1.78 bits per heavy atom. The van der Waals surface area contributed by atoms with E-state index in [0.717, 1.165) is 5.56 Å². The number of amides is 2. The number of aliphatic hydroxyl groups is 1. The molecule has 18 heavy (non-hydrogen) atoms. The quantitative estimate of drug-likeness (QED) is 0.675. The number of benzene rings is 1. The Morgan fingerprint density at radius 3 is 2.33 bits per heavy atom. The first-order valence-corrected chi connectivity index (χ1v) is 5.82. The fourth-order valence-corrected chi connectivity index (χ4v) is 1.41. The summed E-state index contributed by atoms with van der Waals surface area (Å²) in [6, 6.07) is 9.12. The maximum atomic E-state index is 11.5. The SMILES string of the molecule is C[C@H](O)CNC(=O)C(=O)N[C@@H](C)c1ccccc1. The lowest BCUT2D eigenvalue weighted by atomic mass is 10.1. The largest absolute Gasteiger partial charge is 0.392 e. The van der Waals surface area contributed by atoms with Crippen molar-refractivity contribution in [2.75, 3.05) is 6.54 Å². The molecule has 1 aromatic carbocycles. The van der Waals surface area contributed by atoms with Gasteiger partial charge < -0.3 is 15.7 Å². The molecule has 5 nitrogen and oxygen atoms in total. The van der Waals surface area contributed by atoms with E-state index in [0.29, 0.717) is 0 Å². The fraction of sp³-hybridized carbons (Fsp3) is 0.385. The molecule has 0 saturated heterocycles. The lowest BCUT2D eigenvalue weighted by Crippen LogP contribution is -2.43. The molecule has 0 aliphatic heterocycles. The third kappa shape index (κ3) is 4.55. The van der Waals surface area contributed by atoms with Crippen molar-refractivity contribution in [2.24, 2.45) is 0 Å². The Labute approximate surface area is 106 Å². The average Bonchev–Trinajstić information content (AvgIpc) is 2.36. The highest BCUT2D eigenvalue weighted by molar-refractivity contribution is 6.35. The van der Waals surface area contributed by atoms with Gasteiger partial charge in [0.05, 0.1) is 12.1 Å². The lowest BCUT2D eigenvalue weighted by molar-refractivity contribution is -0.139. The second kappa shape index (κ2) is 6.76. The molecular weight excluding hydrogens is 232 g/mol. The topological polar surface area (TPSA) is 78.4 Å². The third-order valence-corrected chi connectivity index (χ3v) is 2.41. The third-order valence-electron chi connectivity index (χ3n) is 2.41. The minimum Gasteiger partial charge on any atom is -0.392 e. The Bertz CT molecular complexity index is 404. The molecule has 0 unspecified atom stereocenters. The van der Waals surface area contributed by atoms with Gasteiger partial charge >= 0.3 is 11.8 Å². The first-order valence-electron chi connectivity index (χ1n) is 5.82. The highest BCUT2D eigenvalue weighted by Gasteiger charge is 2.16. The van der Waals surface area contributed by atoms with Gasteiger partial charge in [0, 0.05) is 6.54 Å². The van der Waals surface area contributed by atoms with Gasteiger partial charge in [0.1, 0.15) is 0 Å². The van der Waals surface area contributed by atoms with Gasteiger partial charge in [-0.1, -0.05) is 30.3 Å². The number of rotatable bonds is 4. The predicted molar refractivity (Wildman–Crippen MR) is 67.7 cm³/mol. The molecule has 2 atom stereocenters. The molecular formula is C13H18N2O3. The molecule has 1 aromatic rings. The Balaban J connectivity index is 2.47. The Hall–Kier alpha value is -1.88. The van der Waals surface area contributed by atoms with Crippen molar-refractivity contribution in [2.45, 2.75) is 26.0 Å². The molecule has 0 heterocycles. The molecule has 0 saturated carbocycles. The summed E-state index contributed by atoms with van der Waals surface area (Å²) in [5.41, 5.74) is 0.925. The van der Waals surface area contributed by atoms with Gasteiger partial charge in [-0.05, 0) is 19.4 Å². The first-order chi connectivity index (χ1) is 8.50. The van der Waals surface area contributed by atoms with E-state index in [-0.39, 0.29) is 12.6 Å². The van der Waals surface area contributed by atoms with Crippen LogP contribution in [0.15, 0.2) is 30.3 Å². The summed E-state index contributed by atoms with van der Waals surface area (Å²) in [5.74, 6) is -1.44. The smallest absolute Gasteiger partial charge is 0.309 e. The first kappa shape index (κ1) is 14.2. The highest BCUT2D eigenvalue weighted by atomic mass is 16.3. The van der Waals surface area contributed by atoms with Crippen LogP contribution >= 0.6 is 0 Å². The maximum Gasteiger partial charge on any atom is 0.309 e. The van der Waals surface area contributed by atoms with E-state index in [1.807, 2.05) is 30.3 Å². The summed E-state index contributed by atoms with van der Waals surface area (Å²) in [5, 5.41) is 13.9. The predicted octanol–water partition coefficient (Wildman–Crippen LogP) is 0.361. The van der Waals surface area contributed by atoms with Crippen LogP contribution in [0.1, 0.15) is 25.5 Å². The normalized spacial score (nSPS) is 13.5. The van der Waals surface area contributed by atoms with Crippen LogP contribution in [-0.4, -0.2) is 29.6 Å². The molecule has 98 valence electrons. The second-order valence-electron chi connectivity index (χ2n) is 4.16. The standard InChI is InChI=1S/C13H18N2O3/c1-9(16)8-14-12(17)13(18)15-10(2)11-6-4-3-5-7-11/h3-7,9-10,16H,8H2,1-2H3,(H,14,17)(H,15,18)/t9-,10-/m0/s1. The second-order valence-corrected chi connectivity index (χ2v) is 4.16. The molecule has 0 radical (unpaired) electrons. The fourth-order valence-electron chi connectivity index (χ4n) is 1.41. The molecule has 0 bridgehead atoms. The summed E-state index contributed by atoms with van der Waals surface area (Å²) < 4.78 is 0. The Kier molecular flexibility index (Phi) is 5.32. The van der Waals surface area contributed by atoms with E-state index in [2.05, 4.69) is 10.6 Å². The van der Waals surface area contributed by atoms with Crippen LogP contribution in [-0.2, 0) is 9.59 Å². The van der Waals surface area contributed by atoms with Crippen molar-refractivity contribution in [3.05, 3.63) is 35.9 Å². The van der Waals surface area contributed by atoms with Crippen LogP contribution in [0.4, 0.5) is 0 Å². The van der Waals surface area contributed by atoms with E-state index in [1.54, 1.807) is 6.92 Å². The zero-order valence-corrected chi connectivity index (χ0v) is 10.5. The summed E-state index contributed by atoms with van der Waals surface area (Å²) in [6.45, 7) is 3.39. The lowest BCUT2D eigenvalue weighted by Gasteiger charge is -2.14. The number of carbonyl (C=O) groups excluding carboxylic acids is 2. The number of carbonyl (C=O) groups is 2. The molecule has 0 aromatic heterocycles. The van der Waals surface area contributed by atoms with E-state index in [1.165, 1.54) is 6.92 Å². The van der Waals surface area contributed by atoms with Gasteiger partial charge in [0.15, 0.2) is 0 Å². The molecule has 0 fully saturated rings. The van der Waals surface area contributed by atoms with Gasteiger partial charge in [-0.2, -0.15) is 0 Å². The van der Waals surface area contributed by atoms with Crippen molar-refractivity contribution in [1.29, 1.82) is 0 Å². The minimum absolute atomic E-state index is 0.0615. The highest BCUT2D eigenvalue weighted by Crippen LogP contribution is 2.10. The molecule has 1 rings (SSSR count). The van der Waals surface area contributed by atoms with Gasteiger partial charge in [-0.25, -0.2) is 0 Å². The van der Waals surface area contributed by atoms with Crippen molar-refractivity contribution in [3.8, 4) is 0 Å². The van der Waals surface area contributed by atoms with Crippen molar-refractivity contribution in [3.63, 3.8) is 0 Å². The average molecular weight is 250 g/mol. The van der Waals surface area contributed by atoms with Gasteiger partial charge in [-0.15, -0.1) is 0 Å². The van der Waals surface area contributed by atoms with E-state index in [9.17, 15) is 9.59 Å². The van der Waals surface area contributed by atoms with Crippen LogP contribution in [0.25, 0.3) is 0 Å². The van der Waals surface area contributed by atoms with Crippen molar-refractivity contribution < 1.29 is 14.7 Å². The number of hydrogen-bond acceptors (Lipinski definition) is 3. The van der Waals surface area contributed by atoms with Crippen LogP contribution in [0.5, 0.6) is 0 Å². The molecule has 2 amide bonds. The molecule has 0 spiro atoms. The van der Waals surface area contributed by atoms with Crippen molar-refractivity contribution >= 4 is 11.8 Å². The molecule has 0 aliphatic rings. The summed E-state index contributed by atoms with van der Waals surface area (Å²) in [7, 11) is 0. The van der Waals surface area contributed by atoms with E-state index in [4.69, 9.17) is 5.11 Å². The molecule has 3 N–H and O–H groups in total. The zero-order valence-electron chi connectivity index (χ0n) is 10.5. The monoisotopic (exact) mass is 250 g/mol. The molecule has 0 aliphatic carbocycles. The minimum atomic E-state index is -0.737. The Morgan fingerprint density at radius 1 is 1.17 bits per heavy atom. The summed E-state index contributed by atoms with van der Waals surface area (Å²) in [6.07, 6.45) is -0.673. The van der Waals surface area contributed by atoms with Crippen LogP contribution in [0.2, 0.25) is 0 Å². The molecule has 5 heteroatoms. The zero-order chi connectivity index (χ0) is 13.5. The number of hydrogen-bond donors (Lipinski definition) is 3. The van der Waals surface area contributed by atoms with E-state index < -0.39 is 17.9 Å². The number of aliphatic hydroxyl groups excluding tert-OH is 1. The van der Waals surface area contributed by atoms with Crippen molar-refractivity contribution in [1.82, 2.24) is 10.6 Å². The van der Waals surface area contributed by atoms with E-state index >= 15 is 0 Å².